The van der Waals surface area contributed by atoms with Crippen LogP contribution in [-0.4, -0.2) is 43.9 Å². The van der Waals surface area contributed by atoms with Crippen LogP contribution in [0.1, 0.15) is 5.56 Å². The number of hydrogen-bond acceptors (Lipinski definition) is 4. The molecule has 0 bridgehead atoms. The minimum atomic E-state index is 0.156. The minimum absolute atomic E-state index is 0.156. The van der Waals surface area contributed by atoms with Gasteiger partial charge in [-0.05, 0) is 23.8 Å². The lowest BCUT2D eigenvalue weighted by Gasteiger charge is -2.34. The second kappa shape index (κ2) is 5.21. The van der Waals surface area contributed by atoms with Gasteiger partial charge in [-0.15, -0.1) is 0 Å². The quantitative estimate of drug-likeness (QED) is 0.793. The van der Waals surface area contributed by atoms with E-state index in [4.69, 9.17) is 5.11 Å². The van der Waals surface area contributed by atoms with Crippen LogP contribution in [0.4, 0.5) is 5.69 Å². The van der Waals surface area contributed by atoms with Gasteiger partial charge in [-0.1, -0.05) is 12.1 Å². The molecule has 4 nitrogen and oxygen atoms in total. The molecule has 0 aliphatic carbocycles. The van der Waals surface area contributed by atoms with E-state index in [1.54, 1.807) is 0 Å². The standard InChI is InChI=1S/C13H19N3O/c1-15(2)12-5-3-11(4-6-12)13-7-9-16(13)14-8-10-17/h3-7,14,17H,8-10H2,1-2H3. The number of benzene rings is 1. The summed E-state index contributed by atoms with van der Waals surface area (Å²) in [4.78, 5) is 2.08. The third kappa shape index (κ3) is 2.60. The molecule has 0 atom stereocenters. The molecule has 0 spiro atoms. The molecule has 0 fully saturated rings. The molecule has 0 radical (unpaired) electrons. The molecule has 1 aliphatic rings. The van der Waals surface area contributed by atoms with Crippen molar-refractivity contribution in [3.8, 4) is 0 Å². The molecule has 0 unspecified atom stereocenters. The van der Waals surface area contributed by atoms with E-state index in [0.29, 0.717) is 6.54 Å². The van der Waals surface area contributed by atoms with Gasteiger partial charge in [0.2, 0.25) is 0 Å². The third-order valence-corrected chi connectivity index (χ3v) is 2.85. The first-order valence-corrected chi connectivity index (χ1v) is 5.82. The Kier molecular flexibility index (Phi) is 3.66. The average molecular weight is 233 g/mol. The summed E-state index contributed by atoms with van der Waals surface area (Å²) in [5.74, 6) is 0. The first kappa shape index (κ1) is 12.0. The molecule has 0 saturated heterocycles. The van der Waals surface area contributed by atoms with Crippen LogP contribution in [0.2, 0.25) is 0 Å². The topological polar surface area (TPSA) is 38.7 Å². The number of aliphatic hydroxyl groups excluding tert-OH is 1. The Morgan fingerprint density at radius 1 is 1.29 bits per heavy atom. The average Bonchev–Trinajstić information content (AvgIpc) is 2.29. The van der Waals surface area contributed by atoms with Gasteiger partial charge in [0, 0.05) is 26.3 Å². The molecule has 1 aromatic rings. The first-order valence-electron chi connectivity index (χ1n) is 5.82. The van der Waals surface area contributed by atoms with E-state index < -0.39 is 0 Å². The highest BCUT2D eigenvalue weighted by Crippen LogP contribution is 2.25. The van der Waals surface area contributed by atoms with E-state index in [2.05, 4.69) is 45.7 Å². The van der Waals surface area contributed by atoms with Crippen molar-refractivity contribution in [2.24, 2.45) is 0 Å². The van der Waals surface area contributed by atoms with Gasteiger partial charge >= 0.3 is 0 Å². The normalized spacial score (nSPS) is 14.3. The maximum absolute atomic E-state index is 8.77. The van der Waals surface area contributed by atoms with Gasteiger partial charge in [0.05, 0.1) is 18.8 Å². The molecule has 0 aromatic heterocycles. The molecule has 4 heteroatoms. The lowest BCUT2D eigenvalue weighted by atomic mass is 10.1. The van der Waals surface area contributed by atoms with Crippen molar-refractivity contribution in [3.05, 3.63) is 35.9 Å². The van der Waals surface area contributed by atoms with Crippen molar-refractivity contribution in [2.45, 2.75) is 0 Å². The molecular weight excluding hydrogens is 214 g/mol. The molecule has 92 valence electrons. The van der Waals surface area contributed by atoms with E-state index in [1.165, 1.54) is 16.9 Å². The van der Waals surface area contributed by atoms with Gasteiger partial charge in [0.1, 0.15) is 0 Å². The Morgan fingerprint density at radius 3 is 2.47 bits per heavy atom. The first-order chi connectivity index (χ1) is 8.22. The van der Waals surface area contributed by atoms with Crippen LogP contribution in [0.15, 0.2) is 30.3 Å². The van der Waals surface area contributed by atoms with Crippen molar-refractivity contribution >= 4 is 11.4 Å². The summed E-state index contributed by atoms with van der Waals surface area (Å²) in [6.07, 6.45) is 2.18. The van der Waals surface area contributed by atoms with Crippen LogP contribution < -0.4 is 10.3 Å². The summed E-state index contributed by atoms with van der Waals surface area (Å²) in [6, 6.07) is 8.46. The van der Waals surface area contributed by atoms with Gasteiger partial charge in [0.25, 0.3) is 0 Å². The summed E-state index contributed by atoms with van der Waals surface area (Å²) in [5.41, 5.74) is 6.74. The van der Waals surface area contributed by atoms with Crippen LogP contribution in [0, 0.1) is 0 Å². The molecule has 2 N–H and O–H groups in total. The number of nitrogens with one attached hydrogen (secondary N) is 1. The number of nitrogens with zero attached hydrogens (tertiary/aromatic N) is 2. The lowest BCUT2D eigenvalue weighted by molar-refractivity contribution is 0.226. The third-order valence-electron chi connectivity index (χ3n) is 2.85. The zero-order valence-corrected chi connectivity index (χ0v) is 10.3. The molecule has 17 heavy (non-hydrogen) atoms. The molecular formula is C13H19N3O. The fourth-order valence-electron chi connectivity index (χ4n) is 1.81. The number of hydrazine groups is 1. The summed E-state index contributed by atoms with van der Waals surface area (Å²) >= 11 is 0. The fraction of sp³-hybridized carbons (Fsp3) is 0.385. The van der Waals surface area contributed by atoms with Gasteiger partial charge in [-0.2, -0.15) is 0 Å². The number of anilines is 1. The predicted molar refractivity (Wildman–Crippen MR) is 70.5 cm³/mol. The number of rotatable bonds is 5. The minimum Gasteiger partial charge on any atom is -0.395 e. The molecule has 1 heterocycles. The highest BCUT2D eigenvalue weighted by molar-refractivity contribution is 5.69. The van der Waals surface area contributed by atoms with Gasteiger partial charge in [-0.25, -0.2) is 5.43 Å². The Hall–Kier alpha value is -1.52. The van der Waals surface area contributed by atoms with E-state index in [1.807, 2.05) is 14.1 Å². The predicted octanol–water partition coefficient (Wildman–Crippen LogP) is 0.906. The van der Waals surface area contributed by atoms with E-state index in [0.717, 1.165) is 6.54 Å². The SMILES string of the molecule is CN(C)c1ccc(C2=CCN2NCCO)cc1. The lowest BCUT2D eigenvalue weighted by Crippen LogP contribution is -2.43. The van der Waals surface area contributed by atoms with E-state index in [9.17, 15) is 0 Å². The second-order valence-corrected chi connectivity index (χ2v) is 4.27. The highest BCUT2D eigenvalue weighted by Gasteiger charge is 2.17. The van der Waals surface area contributed by atoms with Crippen molar-refractivity contribution in [1.82, 2.24) is 10.4 Å². The Bertz CT molecular complexity index is 398. The Labute approximate surface area is 102 Å². The van der Waals surface area contributed by atoms with Crippen LogP contribution in [0.3, 0.4) is 0 Å². The molecule has 2 rings (SSSR count). The van der Waals surface area contributed by atoms with Crippen LogP contribution >= 0.6 is 0 Å². The van der Waals surface area contributed by atoms with Crippen molar-refractivity contribution < 1.29 is 5.11 Å². The summed E-state index contributed by atoms with van der Waals surface area (Å²) < 4.78 is 0. The summed E-state index contributed by atoms with van der Waals surface area (Å²) in [6.45, 7) is 1.64. The number of aliphatic hydroxyl groups is 1. The zero-order valence-electron chi connectivity index (χ0n) is 10.3. The summed E-state index contributed by atoms with van der Waals surface area (Å²) in [5, 5.41) is 10.8. The maximum Gasteiger partial charge on any atom is 0.0574 e. The monoisotopic (exact) mass is 233 g/mol. The van der Waals surface area contributed by atoms with Gasteiger partial charge in [0.15, 0.2) is 0 Å². The molecule has 0 amide bonds. The van der Waals surface area contributed by atoms with Crippen molar-refractivity contribution in [2.75, 3.05) is 38.7 Å². The van der Waals surface area contributed by atoms with Crippen LogP contribution in [-0.2, 0) is 0 Å². The highest BCUT2D eigenvalue weighted by atomic mass is 16.3. The largest absolute Gasteiger partial charge is 0.395 e. The Balaban J connectivity index is 2.03. The summed E-state index contributed by atoms with van der Waals surface area (Å²) in [7, 11) is 4.07. The number of hydrogen-bond donors (Lipinski definition) is 2. The zero-order chi connectivity index (χ0) is 12.3. The van der Waals surface area contributed by atoms with Crippen molar-refractivity contribution in [1.29, 1.82) is 0 Å². The van der Waals surface area contributed by atoms with E-state index >= 15 is 0 Å². The molecule has 0 saturated carbocycles. The second-order valence-electron chi connectivity index (χ2n) is 4.27. The maximum atomic E-state index is 8.77. The van der Waals surface area contributed by atoms with Crippen molar-refractivity contribution in [3.63, 3.8) is 0 Å². The fourth-order valence-corrected chi connectivity index (χ4v) is 1.81. The Morgan fingerprint density at radius 2 is 2.00 bits per heavy atom. The molecule has 1 aliphatic heterocycles. The van der Waals surface area contributed by atoms with E-state index in [-0.39, 0.29) is 6.61 Å². The van der Waals surface area contributed by atoms with Gasteiger partial charge < -0.3 is 15.0 Å². The van der Waals surface area contributed by atoms with Crippen LogP contribution in [0.25, 0.3) is 5.70 Å². The smallest absolute Gasteiger partial charge is 0.0574 e. The van der Waals surface area contributed by atoms with Crippen LogP contribution in [0.5, 0.6) is 0 Å². The molecule has 1 aromatic carbocycles. The van der Waals surface area contributed by atoms with Gasteiger partial charge in [-0.3, -0.25) is 0 Å².